The average molecular weight is 435 g/mol. The van der Waals surface area contributed by atoms with Crippen LogP contribution in [0, 0.1) is 11.3 Å². The second-order valence-electron chi connectivity index (χ2n) is 8.24. The van der Waals surface area contributed by atoms with E-state index in [9.17, 15) is 10.1 Å². The molecule has 2 N–H and O–H groups in total. The van der Waals surface area contributed by atoms with Gasteiger partial charge in [0.25, 0.3) is 5.91 Å². The zero-order chi connectivity index (χ0) is 22.9. The smallest absolute Gasteiger partial charge is 0.258 e. The van der Waals surface area contributed by atoms with Gasteiger partial charge < -0.3 is 19.9 Å². The van der Waals surface area contributed by atoms with Crippen molar-refractivity contribution in [1.29, 1.82) is 5.26 Å². The number of nitrogens with zero attached hydrogens (tertiary/aromatic N) is 4. The minimum Gasteiger partial charge on any atom is -0.354 e. The van der Waals surface area contributed by atoms with E-state index < -0.39 is 0 Å². The molecule has 3 heterocycles. The zero-order valence-electron chi connectivity index (χ0n) is 18.3. The molecule has 0 radical (unpaired) electrons. The number of fused-ring (bicyclic) bond motifs is 2. The number of carbonyl (C=O) groups is 1. The highest BCUT2D eigenvalue weighted by Crippen LogP contribution is 2.38. The maximum Gasteiger partial charge on any atom is 0.258 e. The van der Waals surface area contributed by atoms with Gasteiger partial charge in [0.05, 0.1) is 28.6 Å². The van der Waals surface area contributed by atoms with Gasteiger partial charge in [0.15, 0.2) is 0 Å². The number of aromatic nitrogens is 2. The maximum absolute atomic E-state index is 13.1. The molecule has 4 aromatic rings. The van der Waals surface area contributed by atoms with Crippen LogP contribution in [0.4, 0.5) is 11.4 Å². The lowest BCUT2D eigenvalue weighted by atomic mass is 9.99. The number of nitriles is 1. The Labute approximate surface area is 191 Å². The van der Waals surface area contributed by atoms with E-state index in [1.54, 1.807) is 18.3 Å². The molecule has 2 aromatic carbocycles. The fraction of sp³-hybridized carbons (Fsp3) is 0.115. The van der Waals surface area contributed by atoms with E-state index in [1.165, 1.54) is 5.56 Å². The molecule has 1 amide bonds. The van der Waals surface area contributed by atoms with Crippen LogP contribution in [0.5, 0.6) is 0 Å². The summed E-state index contributed by atoms with van der Waals surface area (Å²) in [5, 5.41) is 15.6. The fourth-order valence-corrected chi connectivity index (χ4v) is 4.04. The average Bonchev–Trinajstić information content (AvgIpc) is 3.40. The minimum atomic E-state index is -0.213. The number of imidazole rings is 1. The van der Waals surface area contributed by atoms with Crippen molar-refractivity contribution in [3.05, 3.63) is 95.4 Å². The number of nitrogens with one attached hydrogen (secondary N) is 2. The highest BCUT2D eigenvalue weighted by atomic mass is 16.2. The number of rotatable bonds is 5. The van der Waals surface area contributed by atoms with Crippen molar-refractivity contribution in [3.8, 4) is 6.07 Å². The summed E-state index contributed by atoms with van der Waals surface area (Å²) >= 11 is 0. The predicted octanol–water partition coefficient (Wildman–Crippen LogP) is 4.20. The third-order valence-corrected chi connectivity index (χ3v) is 5.55. The van der Waals surface area contributed by atoms with Crippen molar-refractivity contribution < 1.29 is 4.79 Å². The minimum absolute atomic E-state index is 0.213. The van der Waals surface area contributed by atoms with Crippen LogP contribution >= 0.6 is 0 Å². The van der Waals surface area contributed by atoms with Crippen LogP contribution in [0.15, 0.2) is 73.2 Å². The molecule has 0 atom stereocenters. The molecule has 0 fully saturated rings. The molecular formula is C26H22N6O. The van der Waals surface area contributed by atoms with Crippen molar-refractivity contribution in [2.75, 3.05) is 24.7 Å². The van der Waals surface area contributed by atoms with E-state index in [-0.39, 0.29) is 5.91 Å². The molecule has 162 valence electrons. The van der Waals surface area contributed by atoms with Gasteiger partial charge in [-0.3, -0.25) is 4.79 Å². The second kappa shape index (κ2) is 8.26. The molecular weight excluding hydrogens is 412 g/mol. The third kappa shape index (κ3) is 3.95. The molecule has 33 heavy (non-hydrogen) atoms. The first-order valence-corrected chi connectivity index (χ1v) is 10.6. The van der Waals surface area contributed by atoms with Crippen molar-refractivity contribution in [2.45, 2.75) is 6.54 Å². The standard InChI is InChI=1S/C26H22N6O/c1-31(2)16-17-3-6-20(7-4-17)29-25(19-9-11-32-12-10-28-23(32)14-19)24-21-8-5-18(15-27)13-22(21)30-26(24)33/h3-14,29H,16H2,1-2H3,(H,30,33). The number of pyridine rings is 1. The second-order valence-corrected chi connectivity index (χ2v) is 8.24. The van der Waals surface area contributed by atoms with E-state index in [1.807, 2.05) is 61.2 Å². The normalized spacial score (nSPS) is 14.2. The van der Waals surface area contributed by atoms with Crippen molar-refractivity contribution >= 4 is 34.2 Å². The highest BCUT2D eigenvalue weighted by Gasteiger charge is 2.29. The summed E-state index contributed by atoms with van der Waals surface area (Å²) in [5.74, 6) is -0.213. The van der Waals surface area contributed by atoms with Gasteiger partial charge in [-0.05, 0) is 56.1 Å². The Balaban J connectivity index is 1.64. The van der Waals surface area contributed by atoms with Crippen molar-refractivity contribution in [2.24, 2.45) is 0 Å². The van der Waals surface area contributed by atoms with Gasteiger partial charge in [0.1, 0.15) is 5.65 Å². The van der Waals surface area contributed by atoms with Gasteiger partial charge in [0, 0.05) is 41.9 Å². The molecule has 7 nitrogen and oxygen atoms in total. The van der Waals surface area contributed by atoms with Gasteiger partial charge in [-0.2, -0.15) is 5.26 Å². The monoisotopic (exact) mass is 434 g/mol. The van der Waals surface area contributed by atoms with E-state index >= 15 is 0 Å². The van der Waals surface area contributed by atoms with Crippen molar-refractivity contribution in [3.63, 3.8) is 0 Å². The van der Waals surface area contributed by atoms with Crippen LogP contribution in [0.1, 0.15) is 22.3 Å². The quantitative estimate of drug-likeness (QED) is 0.460. The number of amides is 1. The van der Waals surface area contributed by atoms with E-state index in [2.05, 4.69) is 38.7 Å². The number of anilines is 2. The maximum atomic E-state index is 13.1. The topological polar surface area (TPSA) is 85.5 Å². The van der Waals surface area contributed by atoms with Crippen LogP contribution in [0.3, 0.4) is 0 Å². The van der Waals surface area contributed by atoms with Crippen LogP contribution in [0.2, 0.25) is 0 Å². The Bertz CT molecular complexity index is 1440. The summed E-state index contributed by atoms with van der Waals surface area (Å²) in [4.78, 5) is 19.6. The van der Waals surface area contributed by atoms with Gasteiger partial charge >= 0.3 is 0 Å². The molecule has 5 rings (SSSR count). The molecule has 0 saturated heterocycles. The molecule has 1 aliphatic rings. The lowest BCUT2D eigenvalue weighted by Gasteiger charge is -2.16. The van der Waals surface area contributed by atoms with Crippen molar-refractivity contribution in [1.82, 2.24) is 14.3 Å². The Morgan fingerprint density at radius 1 is 1.12 bits per heavy atom. The lowest BCUT2D eigenvalue weighted by Crippen LogP contribution is -2.11. The molecule has 0 unspecified atom stereocenters. The molecule has 7 heteroatoms. The first kappa shape index (κ1) is 20.5. The number of hydrogen-bond donors (Lipinski definition) is 2. The summed E-state index contributed by atoms with van der Waals surface area (Å²) < 4.78 is 1.92. The Morgan fingerprint density at radius 2 is 1.94 bits per heavy atom. The van der Waals surface area contributed by atoms with Gasteiger partial charge in [-0.15, -0.1) is 0 Å². The SMILES string of the molecule is CN(C)Cc1ccc(NC(=C2C(=O)Nc3cc(C#N)ccc32)c2ccn3ccnc3c2)cc1. The van der Waals surface area contributed by atoms with Crippen LogP contribution in [0.25, 0.3) is 16.9 Å². The Morgan fingerprint density at radius 3 is 2.70 bits per heavy atom. The van der Waals surface area contributed by atoms with E-state index in [4.69, 9.17) is 0 Å². The van der Waals surface area contributed by atoms with Crippen LogP contribution < -0.4 is 10.6 Å². The van der Waals surface area contributed by atoms with Gasteiger partial charge in [-0.1, -0.05) is 18.2 Å². The highest BCUT2D eigenvalue weighted by molar-refractivity contribution is 6.37. The molecule has 0 saturated carbocycles. The van der Waals surface area contributed by atoms with E-state index in [0.29, 0.717) is 22.5 Å². The lowest BCUT2D eigenvalue weighted by molar-refractivity contribution is -0.110. The van der Waals surface area contributed by atoms with Crippen LogP contribution in [-0.2, 0) is 11.3 Å². The third-order valence-electron chi connectivity index (χ3n) is 5.55. The summed E-state index contributed by atoms with van der Waals surface area (Å²) in [6, 6.07) is 19.5. The van der Waals surface area contributed by atoms with E-state index in [0.717, 1.165) is 29.0 Å². The number of benzene rings is 2. The molecule has 1 aliphatic heterocycles. The van der Waals surface area contributed by atoms with Crippen LogP contribution in [-0.4, -0.2) is 34.3 Å². The molecule has 0 spiro atoms. The molecule has 0 aliphatic carbocycles. The number of hydrogen-bond acceptors (Lipinski definition) is 5. The fourth-order valence-electron chi connectivity index (χ4n) is 4.04. The first-order chi connectivity index (χ1) is 16.0. The molecule has 2 aromatic heterocycles. The summed E-state index contributed by atoms with van der Waals surface area (Å²) in [5.41, 5.74) is 6.81. The number of carbonyl (C=O) groups excluding carboxylic acids is 1. The summed E-state index contributed by atoms with van der Waals surface area (Å²) in [7, 11) is 4.07. The van der Waals surface area contributed by atoms with Gasteiger partial charge in [0.2, 0.25) is 0 Å². The summed E-state index contributed by atoms with van der Waals surface area (Å²) in [6.45, 7) is 0.849. The largest absolute Gasteiger partial charge is 0.354 e. The molecule has 0 bridgehead atoms. The Hall–Kier alpha value is -4.41. The Kier molecular flexibility index (Phi) is 5.13. The first-order valence-electron chi connectivity index (χ1n) is 10.6. The zero-order valence-corrected chi connectivity index (χ0v) is 18.3. The summed E-state index contributed by atoms with van der Waals surface area (Å²) in [6.07, 6.45) is 5.54. The van der Waals surface area contributed by atoms with Gasteiger partial charge in [-0.25, -0.2) is 4.98 Å². The predicted molar refractivity (Wildman–Crippen MR) is 129 cm³/mol.